The molecule has 0 atom stereocenters. The van der Waals surface area contributed by atoms with Crippen LogP contribution in [-0.2, 0) is 9.53 Å². The van der Waals surface area contributed by atoms with Crippen molar-refractivity contribution in [3.05, 3.63) is 26.0 Å². The van der Waals surface area contributed by atoms with Crippen molar-refractivity contribution in [3.63, 3.8) is 0 Å². The highest BCUT2D eigenvalue weighted by Crippen LogP contribution is 2.32. The maximum absolute atomic E-state index is 13.0. The summed E-state index contributed by atoms with van der Waals surface area (Å²) in [5.74, 6) is -1.89. The number of alkyl halides is 3. The van der Waals surface area contributed by atoms with Crippen LogP contribution in [0.15, 0.2) is 23.1 Å². The van der Waals surface area contributed by atoms with E-state index < -0.39 is 23.8 Å². The van der Waals surface area contributed by atoms with E-state index in [4.69, 9.17) is 4.74 Å². The second-order valence-corrected chi connectivity index (χ2v) is 9.73. The second-order valence-electron chi connectivity index (χ2n) is 7.01. The zero-order valence-electron chi connectivity index (χ0n) is 15.1. The van der Waals surface area contributed by atoms with Crippen LogP contribution in [0.4, 0.5) is 23.7 Å². The molecule has 150 valence electrons. The fourth-order valence-corrected chi connectivity index (χ4v) is 3.98. The van der Waals surface area contributed by atoms with Crippen molar-refractivity contribution in [3.8, 4) is 0 Å². The molecule has 2 amide bonds. The lowest BCUT2D eigenvalue weighted by atomic mass is 10.1. The fourth-order valence-electron chi connectivity index (χ4n) is 2.45. The molecule has 0 bridgehead atoms. The van der Waals surface area contributed by atoms with Gasteiger partial charge in [-0.1, -0.05) is 11.6 Å². The molecule has 2 rings (SSSR count). The van der Waals surface area contributed by atoms with Crippen molar-refractivity contribution in [1.29, 1.82) is 0 Å². The summed E-state index contributed by atoms with van der Waals surface area (Å²) in [7, 11) is 0. The molecule has 0 unspecified atom stereocenters. The van der Waals surface area contributed by atoms with Gasteiger partial charge in [0.05, 0.1) is 8.57 Å². The highest BCUT2D eigenvalue weighted by Gasteiger charge is 2.44. The van der Waals surface area contributed by atoms with Gasteiger partial charge in [-0.3, -0.25) is 9.69 Å². The number of hydrogen-bond acceptors (Lipinski definition) is 4. The predicted octanol–water partition coefficient (Wildman–Crippen LogP) is 4.82. The van der Waals surface area contributed by atoms with Gasteiger partial charge < -0.3 is 9.64 Å². The van der Waals surface area contributed by atoms with Gasteiger partial charge in [0.25, 0.3) is 0 Å². The van der Waals surface area contributed by atoms with Gasteiger partial charge in [-0.25, -0.2) is 4.79 Å². The van der Waals surface area contributed by atoms with Gasteiger partial charge in [0.2, 0.25) is 0 Å². The number of thiophene rings is 1. The highest BCUT2D eigenvalue weighted by molar-refractivity contribution is 14.1. The summed E-state index contributed by atoms with van der Waals surface area (Å²) in [6, 6.07) is 1.51. The Balaban J connectivity index is 2.12. The maximum atomic E-state index is 13.0. The first-order valence-electron chi connectivity index (χ1n) is 8.16. The van der Waals surface area contributed by atoms with Crippen molar-refractivity contribution in [2.45, 2.75) is 39.0 Å². The van der Waals surface area contributed by atoms with E-state index in [2.05, 4.69) is 0 Å². The molecule has 1 aliphatic heterocycles. The molecule has 0 saturated heterocycles. The molecule has 0 aliphatic carbocycles. The molecule has 0 aromatic carbocycles. The summed E-state index contributed by atoms with van der Waals surface area (Å²) in [5.41, 5.74) is 0.305. The third-order valence-electron chi connectivity index (χ3n) is 3.69. The van der Waals surface area contributed by atoms with Gasteiger partial charge in [-0.2, -0.15) is 13.2 Å². The first-order chi connectivity index (χ1) is 12.4. The average Bonchev–Trinajstić information content (AvgIpc) is 2.96. The first kappa shape index (κ1) is 22.0. The van der Waals surface area contributed by atoms with Crippen molar-refractivity contribution in [2.75, 3.05) is 24.5 Å². The van der Waals surface area contributed by atoms with Crippen LogP contribution in [0, 0.1) is 2.88 Å². The number of rotatable bonds is 3. The van der Waals surface area contributed by atoms with Crippen molar-refractivity contribution < 1.29 is 27.5 Å². The minimum Gasteiger partial charge on any atom is -0.444 e. The lowest BCUT2D eigenvalue weighted by Gasteiger charge is -2.31. The van der Waals surface area contributed by atoms with E-state index in [-0.39, 0.29) is 18.8 Å². The summed E-state index contributed by atoms with van der Waals surface area (Å²) in [6.45, 7) is 5.69. The molecule has 5 nitrogen and oxygen atoms in total. The van der Waals surface area contributed by atoms with Gasteiger partial charge in [-0.05, 0) is 61.2 Å². The van der Waals surface area contributed by atoms with Gasteiger partial charge in [0, 0.05) is 19.6 Å². The van der Waals surface area contributed by atoms with Crippen LogP contribution in [0.3, 0.4) is 0 Å². The second kappa shape index (κ2) is 8.38. The Morgan fingerprint density at radius 1 is 1.33 bits per heavy atom. The molecule has 1 aromatic heterocycles. The largest absolute Gasteiger partial charge is 0.471 e. The van der Waals surface area contributed by atoms with Crippen LogP contribution in [0.1, 0.15) is 27.2 Å². The molecule has 0 N–H and O–H groups in total. The van der Waals surface area contributed by atoms with Crippen molar-refractivity contribution >= 4 is 51.6 Å². The Labute approximate surface area is 173 Å². The van der Waals surface area contributed by atoms with Gasteiger partial charge >= 0.3 is 18.2 Å². The van der Waals surface area contributed by atoms with Crippen LogP contribution in [0.25, 0.3) is 0 Å². The molecule has 0 radical (unpaired) electrons. The van der Waals surface area contributed by atoms with Crippen LogP contribution < -0.4 is 4.90 Å². The van der Waals surface area contributed by atoms with Gasteiger partial charge in [-0.15, -0.1) is 11.3 Å². The molecule has 10 heteroatoms. The standard InChI is InChI=1S/C17H20F3IN2O3S/c1-16(2,3)26-15(25)22-7-4-11(5-8-22)10-23(14(24)17(18,19)20)12-6-9-27-13(12)21/h4,6,9H,5,7-8,10H2,1-3H3. The summed E-state index contributed by atoms with van der Waals surface area (Å²) >= 11 is 3.19. The van der Waals surface area contributed by atoms with E-state index in [0.29, 0.717) is 21.4 Å². The van der Waals surface area contributed by atoms with E-state index >= 15 is 0 Å². The lowest BCUT2D eigenvalue weighted by molar-refractivity contribution is -0.170. The zero-order chi connectivity index (χ0) is 20.4. The number of halogens is 4. The molecule has 0 fully saturated rings. The SMILES string of the molecule is CC(C)(C)OC(=O)N1CC=C(CN(C(=O)C(F)(F)F)c2ccsc2I)CC1. The summed E-state index contributed by atoms with van der Waals surface area (Å²) in [5, 5.41) is 1.65. The fraction of sp³-hybridized carbons (Fsp3) is 0.529. The molecule has 0 saturated carbocycles. The number of nitrogens with zero attached hydrogens (tertiary/aromatic N) is 2. The summed E-state index contributed by atoms with van der Waals surface area (Å²) < 4.78 is 45.0. The Morgan fingerprint density at radius 2 is 2.00 bits per heavy atom. The Hall–Kier alpha value is -1.30. The average molecular weight is 516 g/mol. The first-order valence-corrected chi connectivity index (χ1v) is 10.1. The van der Waals surface area contributed by atoms with Crippen LogP contribution in [0.5, 0.6) is 0 Å². The molecular weight excluding hydrogens is 496 g/mol. The van der Waals surface area contributed by atoms with E-state index in [1.165, 1.54) is 22.3 Å². The molecular formula is C17H20F3IN2O3S. The summed E-state index contributed by atoms with van der Waals surface area (Å²) in [6.07, 6.45) is -3.36. The number of hydrogen-bond donors (Lipinski definition) is 0. The Morgan fingerprint density at radius 3 is 2.44 bits per heavy atom. The summed E-state index contributed by atoms with van der Waals surface area (Å²) in [4.78, 5) is 26.2. The number of amides is 2. The Kier molecular flexibility index (Phi) is 6.82. The normalized spacial score (nSPS) is 15.4. The van der Waals surface area contributed by atoms with E-state index in [9.17, 15) is 22.8 Å². The highest BCUT2D eigenvalue weighted by atomic mass is 127. The number of ether oxygens (including phenoxy) is 1. The van der Waals surface area contributed by atoms with Gasteiger partial charge in [0.1, 0.15) is 5.60 Å². The van der Waals surface area contributed by atoms with Crippen LogP contribution in [-0.4, -0.2) is 48.3 Å². The topological polar surface area (TPSA) is 49.9 Å². The van der Waals surface area contributed by atoms with Crippen molar-refractivity contribution in [1.82, 2.24) is 4.90 Å². The van der Waals surface area contributed by atoms with Crippen molar-refractivity contribution in [2.24, 2.45) is 0 Å². The molecule has 1 aromatic rings. The third kappa shape index (κ3) is 6.09. The third-order valence-corrected chi connectivity index (χ3v) is 5.70. The Bertz CT molecular complexity index is 741. The molecule has 2 heterocycles. The monoisotopic (exact) mass is 516 g/mol. The van der Waals surface area contributed by atoms with Crippen LogP contribution >= 0.6 is 33.9 Å². The molecule has 27 heavy (non-hydrogen) atoms. The minimum atomic E-state index is -4.96. The van der Waals surface area contributed by atoms with E-state index in [0.717, 1.165) is 4.90 Å². The maximum Gasteiger partial charge on any atom is 0.471 e. The predicted molar refractivity (Wildman–Crippen MR) is 106 cm³/mol. The zero-order valence-corrected chi connectivity index (χ0v) is 18.1. The quantitative estimate of drug-likeness (QED) is 0.428. The number of carbonyl (C=O) groups excluding carboxylic acids is 2. The molecule has 0 spiro atoms. The number of carbonyl (C=O) groups is 2. The smallest absolute Gasteiger partial charge is 0.444 e. The van der Waals surface area contributed by atoms with Crippen LogP contribution in [0.2, 0.25) is 0 Å². The van der Waals surface area contributed by atoms with Gasteiger partial charge in [0.15, 0.2) is 0 Å². The van der Waals surface area contributed by atoms with E-state index in [1.54, 1.807) is 32.2 Å². The lowest BCUT2D eigenvalue weighted by Crippen LogP contribution is -2.44. The molecule has 1 aliphatic rings. The van der Waals surface area contributed by atoms with E-state index in [1.807, 2.05) is 22.6 Å². The minimum absolute atomic E-state index is 0.159. The number of anilines is 1.